The van der Waals surface area contributed by atoms with Crippen molar-refractivity contribution in [2.24, 2.45) is 0 Å². The molecule has 2 heterocycles. The van der Waals surface area contributed by atoms with Gasteiger partial charge in [-0.2, -0.15) is 0 Å². The Morgan fingerprint density at radius 1 is 1.26 bits per heavy atom. The Hall–Kier alpha value is -1.76. The summed E-state index contributed by atoms with van der Waals surface area (Å²) in [6.07, 6.45) is 7.69. The first-order valence-electron chi connectivity index (χ1n) is 8.88. The van der Waals surface area contributed by atoms with E-state index in [1.807, 2.05) is 42.0 Å². The van der Waals surface area contributed by atoms with Gasteiger partial charge in [0.1, 0.15) is 5.75 Å². The monoisotopic (exact) mass is 414 g/mol. The lowest BCUT2D eigenvalue weighted by atomic mass is 9.90. The van der Waals surface area contributed by atoms with Crippen molar-refractivity contribution in [2.75, 3.05) is 19.6 Å². The molecule has 1 amide bonds. The van der Waals surface area contributed by atoms with Gasteiger partial charge >= 0.3 is 0 Å². The van der Waals surface area contributed by atoms with Crippen LogP contribution in [0, 0.1) is 6.92 Å². The summed E-state index contributed by atoms with van der Waals surface area (Å²) in [4.78, 5) is 16.9. The molecule has 2 N–H and O–H groups in total. The van der Waals surface area contributed by atoms with Crippen molar-refractivity contribution in [1.29, 1.82) is 0 Å². The SMILES string of the molecule is Cc1ccc(OC2(C(=O)NCCCn3ccnc3)CCNCC2)cc1.Cl.Cl. The Morgan fingerprint density at radius 2 is 1.96 bits per heavy atom. The van der Waals surface area contributed by atoms with E-state index in [1.54, 1.807) is 12.5 Å². The molecule has 0 saturated carbocycles. The molecule has 6 nitrogen and oxygen atoms in total. The number of carbonyl (C=O) groups is 1. The predicted octanol–water partition coefficient (Wildman–Crippen LogP) is 2.74. The molecule has 1 aliphatic rings. The predicted molar refractivity (Wildman–Crippen MR) is 111 cm³/mol. The highest BCUT2D eigenvalue weighted by Crippen LogP contribution is 2.27. The van der Waals surface area contributed by atoms with Crippen LogP contribution in [0.5, 0.6) is 5.75 Å². The van der Waals surface area contributed by atoms with Crippen LogP contribution in [0.1, 0.15) is 24.8 Å². The Balaban J connectivity index is 0.00000182. The van der Waals surface area contributed by atoms with Crippen molar-refractivity contribution < 1.29 is 9.53 Å². The van der Waals surface area contributed by atoms with Crippen LogP contribution in [0.2, 0.25) is 0 Å². The number of aryl methyl sites for hydroxylation is 2. The van der Waals surface area contributed by atoms with E-state index in [1.165, 1.54) is 5.56 Å². The first-order chi connectivity index (χ1) is 12.2. The lowest BCUT2D eigenvalue weighted by molar-refractivity contribution is -0.139. The fourth-order valence-corrected chi connectivity index (χ4v) is 3.08. The van der Waals surface area contributed by atoms with Gasteiger partial charge in [0.15, 0.2) is 5.60 Å². The zero-order valence-corrected chi connectivity index (χ0v) is 17.2. The summed E-state index contributed by atoms with van der Waals surface area (Å²) in [6.45, 7) is 5.08. The third kappa shape index (κ3) is 6.41. The summed E-state index contributed by atoms with van der Waals surface area (Å²) in [6, 6.07) is 7.89. The largest absolute Gasteiger partial charge is 0.477 e. The number of imidazole rings is 1. The van der Waals surface area contributed by atoms with E-state index < -0.39 is 5.60 Å². The molecule has 0 atom stereocenters. The van der Waals surface area contributed by atoms with Gasteiger partial charge in [-0.05, 0) is 38.6 Å². The number of halogens is 2. The number of carbonyl (C=O) groups excluding carboxylic acids is 1. The number of aromatic nitrogens is 2. The fraction of sp³-hybridized carbons (Fsp3) is 0.474. The van der Waals surface area contributed by atoms with Gasteiger partial charge in [-0.3, -0.25) is 4.79 Å². The summed E-state index contributed by atoms with van der Waals surface area (Å²) in [7, 11) is 0. The molecule has 0 radical (unpaired) electrons. The van der Waals surface area contributed by atoms with Crippen LogP contribution in [0.25, 0.3) is 0 Å². The molecular weight excluding hydrogens is 387 g/mol. The smallest absolute Gasteiger partial charge is 0.264 e. The zero-order valence-electron chi connectivity index (χ0n) is 15.5. The van der Waals surface area contributed by atoms with Crippen molar-refractivity contribution in [3.8, 4) is 5.75 Å². The summed E-state index contributed by atoms with van der Waals surface area (Å²) >= 11 is 0. The van der Waals surface area contributed by atoms with E-state index >= 15 is 0 Å². The van der Waals surface area contributed by atoms with Crippen molar-refractivity contribution in [2.45, 2.75) is 38.3 Å². The van der Waals surface area contributed by atoms with Crippen LogP contribution in [0.15, 0.2) is 43.0 Å². The molecule has 1 aromatic carbocycles. The van der Waals surface area contributed by atoms with Crippen LogP contribution in [0.4, 0.5) is 0 Å². The molecule has 3 rings (SSSR count). The van der Waals surface area contributed by atoms with Crippen LogP contribution in [0.3, 0.4) is 0 Å². The van der Waals surface area contributed by atoms with E-state index in [0.717, 1.165) is 31.8 Å². The average molecular weight is 415 g/mol. The number of benzene rings is 1. The number of piperidine rings is 1. The topological polar surface area (TPSA) is 68.2 Å². The molecule has 1 saturated heterocycles. The molecule has 8 heteroatoms. The van der Waals surface area contributed by atoms with E-state index in [-0.39, 0.29) is 30.7 Å². The molecule has 27 heavy (non-hydrogen) atoms. The average Bonchev–Trinajstić information content (AvgIpc) is 3.15. The second-order valence-electron chi connectivity index (χ2n) is 6.57. The van der Waals surface area contributed by atoms with Gasteiger partial charge in [0.25, 0.3) is 5.91 Å². The molecule has 1 aliphatic heterocycles. The number of hydrogen-bond donors (Lipinski definition) is 2. The van der Waals surface area contributed by atoms with E-state index in [2.05, 4.69) is 15.6 Å². The van der Waals surface area contributed by atoms with Crippen LogP contribution in [-0.4, -0.2) is 40.7 Å². The third-order valence-corrected chi connectivity index (χ3v) is 4.60. The molecule has 0 spiro atoms. The van der Waals surface area contributed by atoms with E-state index in [4.69, 9.17) is 4.74 Å². The van der Waals surface area contributed by atoms with Gasteiger partial charge in [-0.15, -0.1) is 24.8 Å². The maximum atomic E-state index is 12.9. The number of hydrogen-bond acceptors (Lipinski definition) is 4. The highest BCUT2D eigenvalue weighted by molar-refractivity contribution is 5.86. The molecule has 0 aliphatic carbocycles. The molecule has 0 bridgehead atoms. The standard InChI is InChI=1S/C19H26N4O2.2ClH/c1-16-3-5-17(6-4-16)25-19(7-10-20-11-8-19)18(24)22-9-2-13-23-14-12-21-15-23;;/h3-6,12,14-15,20H,2,7-11,13H2,1H3,(H,22,24);2*1H. The molecule has 1 fully saturated rings. The summed E-state index contributed by atoms with van der Waals surface area (Å²) in [5, 5.41) is 6.37. The number of ether oxygens (including phenoxy) is 1. The van der Waals surface area contributed by atoms with Gasteiger partial charge in [-0.1, -0.05) is 17.7 Å². The van der Waals surface area contributed by atoms with Gasteiger partial charge in [0.05, 0.1) is 6.33 Å². The lowest BCUT2D eigenvalue weighted by Gasteiger charge is -2.36. The van der Waals surface area contributed by atoms with Crippen molar-refractivity contribution >= 4 is 30.7 Å². The van der Waals surface area contributed by atoms with Gasteiger partial charge in [0.2, 0.25) is 0 Å². The normalized spacial score (nSPS) is 15.1. The van der Waals surface area contributed by atoms with Gasteiger partial charge in [0, 0.05) is 38.3 Å². The summed E-state index contributed by atoms with van der Waals surface area (Å²) in [5.74, 6) is 0.737. The third-order valence-electron chi connectivity index (χ3n) is 4.60. The number of nitrogens with one attached hydrogen (secondary N) is 2. The molecular formula is C19H28Cl2N4O2. The minimum atomic E-state index is -0.782. The summed E-state index contributed by atoms with van der Waals surface area (Å²) in [5.41, 5.74) is 0.394. The molecule has 150 valence electrons. The van der Waals surface area contributed by atoms with Crippen LogP contribution in [-0.2, 0) is 11.3 Å². The Morgan fingerprint density at radius 3 is 2.59 bits per heavy atom. The molecule has 1 aromatic heterocycles. The first kappa shape index (κ1) is 23.3. The maximum absolute atomic E-state index is 12.9. The zero-order chi connectivity index (χ0) is 17.5. The van der Waals surface area contributed by atoms with Gasteiger partial charge in [-0.25, -0.2) is 4.98 Å². The molecule has 0 unspecified atom stereocenters. The fourth-order valence-electron chi connectivity index (χ4n) is 3.08. The van der Waals surface area contributed by atoms with Crippen molar-refractivity contribution in [3.05, 3.63) is 48.5 Å². The lowest BCUT2D eigenvalue weighted by Crippen LogP contribution is -2.56. The number of nitrogens with zero attached hydrogens (tertiary/aromatic N) is 2. The van der Waals surface area contributed by atoms with Crippen molar-refractivity contribution in [1.82, 2.24) is 20.2 Å². The highest BCUT2D eigenvalue weighted by atomic mass is 35.5. The van der Waals surface area contributed by atoms with Gasteiger partial charge < -0.3 is 19.9 Å². The van der Waals surface area contributed by atoms with Crippen LogP contribution < -0.4 is 15.4 Å². The molecule has 2 aromatic rings. The van der Waals surface area contributed by atoms with Crippen molar-refractivity contribution in [3.63, 3.8) is 0 Å². The Labute approximate surface area is 172 Å². The maximum Gasteiger partial charge on any atom is 0.264 e. The minimum absolute atomic E-state index is 0. The Bertz CT molecular complexity index is 672. The van der Waals surface area contributed by atoms with Crippen LogP contribution >= 0.6 is 24.8 Å². The summed E-state index contributed by atoms with van der Waals surface area (Å²) < 4.78 is 8.20. The quantitative estimate of drug-likeness (QED) is 0.683. The number of rotatable bonds is 7. The highest BCUT2D eigenvalue weighted by Gasteiger charge is 2.41. The minimum Gasteiger partial charge on any atom is -0.477 e. The van der Waals surface area contributed by atoms with E-state index in [9.17, 15) is 4.79 Å². The van der Waals surface area contributed by atoms with E-state index in [0.29, 0.717) is 19.4 Å². The number of amides is 1. The second kappa shape index (κ2) is 11.2. The Kier molecular flexibility index (Phi) is 9.63. The second-order valence-corrected chi connectivity index (χ2v) is 6.57. The first-order valence-corrected chi connectivity index (χ1v) is 8.88.